The summed E-state index contributed by atoms with van der Waals surface area (Å²) in [7, 11) is -1.15. The molecule has 1 atom stereocenters. The average Bonchev–Trinajstić information content (AvgIpc) is 3.28. The number of nitrogens with one attached hydrogen (secondary N) is 1. The molecule has 6 nitrogen and oxygen atoms in total. The molecule has 2 aromatic heterocycles. The van der Waals surface area contributed by atoms with Gasteiger partial charge in [0.1, 0.15) is 11.0 Å². The van der Waals surface area contributed by atoms with Crippen molar-refractivity contribution in [2.45, 2.75) is 23.7 Å². The van der Waals surface area contributed by atoms with Gasteiger partial charge >= 0.3 is 0 Å². The second-order valence-corrected chi connectivity index (χ2v) is 9.50. The van der Waals surface area contributed by atoms with E-state index in [0.29, 0.717) is 11.1 Å². The summed E-state index contributed by atoms with van der Waals surface area (Å²) in [5.74, 6) is -0.205. The number of carbonyl (C=O) groups is 1. The number of aromatic nitrogens is 2. The molecule has 0 bridgehead atoms. The van der Waals surface area contributed by atoms with Crippen molar-refractivity contribution in [2.75, 3.05) is 13.1 Å². The van der Waals surface area contributed by atoms with Gasteiger partial charge in [0.2, 0.25) is 0 Å². The van der Waals surface area contributed by atoms with E-state index in [9.17, 15) is 9.00 Å². The number of hydrogen-bond acceptors (Lipinski definition) is 3. The van der Waals surface area contributed by atoms with Crippen LogP contribution < -0.4 is 5.73 Å². The second kappa shape index (κ2) is 8.68. The van der Waals surface area contributed by atoms with E-state index < -0.39 is 16.9 Å². The van der Waals surface area contributed by atoms with E-state index in [1.807, 2.05) is 71.2 Å². The van der Waals surface area contributed by atoms with Crippen LogP contribution in [0.2, 0.25) is 0 Å². The SMILES string of the molecule is NC(=O)c1cc(-c2ccccc2)nc2c(C3CCN(S(=O)c4ccccc4)CC3)c[nH]c12. The molecule has 3 N–H and O–H groups in total. The fourth-order valence-electron chi connectivity index (χ4n) is 4.40. The molecule has 162 valence electrons. The van der Waals surface area contributed by atoms with Crippen LogP contribution in [0.5, 0.6) is 0 Å². The van der Waals surface area contributed by atoms with Crippen LogP contribution in [0.25, 0.3) is 22.3 Å². The number of fused-ring (bicyclic) bond motifs is 1. The number of piperidine rings is 1. The van der Waals surface area contributed by atoms with Gasteiger partial charge in [-0.25, -0.2) is 13.5 Å². The van der Waals surface area contributed by atoms with E-state index >= 15 is 0 Å². The first kappa shape index (κ1) is 20.6. The van der Waals surface area contributed by atoms with Gasteiger partial charge in [0.05, 0.1) is 27.2 Å². The molecule has 1 aliphatic rings. The normalized spacial score (nSPS) is 16.2. The molecule has 2 aromatic carbocycles. The number of benzene rings is 2. The van der Waals surface area contributed by atoms with Crippen LogP contribution in [-0.2, 0) is 11.0 Å². The largest absolute Gasteiger partial charge is 0.366 e. The summed E-state index contributed by atoms with van der Waals surface area (Å²) in [4.78, 5) is 21.2. The number of nitrogens with two attached hydrogens (primary N) is 1. The van der Waals surface area contributed by atoms with E-state index in [0.717, 1.165) is 53.2 Å². The number of primary amides is 1. The van der Waals surface area contributed by atoms with E-state index in [1.165, 1.54) is 0 Å². The van der Waals surface area contributed by atoms with Crippen LogP contribution in [0.15, 0.2) is 77.8 Å². The van der Waals surface area contributed by atoms with Gasteiger partial charge in [-0.05, 0) is 42.5 Å². The van der Waals surface area contributed by atoms with Crippen molar-refractivity contribution in [1.82, 2.24) is 14.3 Å². The number of pyridine rings is 1. The predicted octanol–water partition coefficient (Wildman–Crippen LogP) is 4.23. The number of rotatable bonds is 5. The van der Waals surface area contributed by atoms with Crippen molar-refractivity contribution < 1.29 is 9.00 Å². The molecule has 1 unspecified atom stereocenters. The van der Waals surface area contributed by atoms with Crippen molar-refractivity contribution >= 4 is 27.9 Å². The summed E-state index contributed by atoms with van der Waals surface area (Å²) in [6.45, 7) is 1.47. The highest BCUT2D eigenvalue weighted by Gasteiger charge is 2.27. The Kier molecular flexibility index (Phi) is 5.59. The van der Waals surface area contributed by atoms with Gasteiger partial charge in [-0.1, -0.05) is 48.5 Å². The molecule has 1 amide bonds. The van der Waals surface area contributed by atoms with Crippen LogP contribution in [0, 0.1) is 0 Å². The number of nitrogens with zero attached hydrogens (tertiary/aromatic N) is 2. The average molecular weight is 445 g/mol. The maximum absolute atomic E-state index is 12.9. The van der Waals surface area contributed by atoms with Gasteiger partial charge in [0.25, 0.3) is 5.91 Å². The molecule has 0 aliphatic carbocycles. The highest BCUT2D eigenvalue weighted by molar-refractivity contribution is 7.82. The second-order valence-electron chi connectivity index (χ2n) is 8.02. The van der Waals surface area contributed by atoms with Crippen LogP contribution in [0.4, 0.5) is 0 Å². The lowest BCUT2D eigenvalue weighted by Crippen LogP contribution is -2.34. The Morgan fingerprint density at radius 1 is 1.03 bits per heavy atom. The number of aromatic amines is 1. The minimum atomic E-state index is -1.15. The summed E-state index contributed by atoms with van der Waals surface area (Å²) in [6.07, 6.45) is 3.69. The molecule has 0 spiro atoms. The molecule has 1 fully saturated rings. The van der Waals surface area contributed by atoms with E-state index in [1.54, 1.807) is 6.07 Å². The maximum Gasteiger partial charge on any atom is 0.250 e. The van der Waals surface area contributed by atoms with Crippen LogP contribution in [0.3, 0.4) is 0 Å². The van der Waals surface area contributed by atoms with E-state index in [4.69, 9.17) is 10.7 Å². The minimum Gasteiger partial charge on any atom is -0.366 e. The third-order valence-electron chi connectivity index (χ3n) is 6.07. The lowest BCUT2D eigenvalue weighted by molar-refractivity contribution is 0.100. The third kappa shape index (κ3) is 3.85. The van der Waals surface area contributed by atoms with Crippen molar-refractivity contribution in [2.24, 2.45) is 5.73 Å². The van der Waals surface area contributed by atoms with Crippen molar-refractivity contribution in [3.63, 3.8) is 0 Å². The molecule has 4 aromatic rings. The zero-order valence-electron chi connectivity index (χ0n) is 17.5. The molecule has 0 radical (unpaired) electrons. The standard InChI is InChI=1S/C25H24N4O2S/c26-25(30)20-15-22(18-7-3-1-4-8-18)28-24-21(16-27-23(20)24)17-11-13-29(14-12-17)32(31)19-9-5-2-6-10-19/h1-10,15-17,27H,11-14H2,(H2,26,30). The van der Waals surface area contributed by atoms with Crippen molar-refractivity contribution in [3.05, 3.63) is 84.1 Å². The molecule has 1 saturated heterocycles. The lowest BCUT2D eigenvalue weighted by atomic mass is 9.91. The monoisotopic (exact) mass is 444 g/mol. The first-order valence-electron chi connectivity index (χ1n) is 10.7. The Balaban J connectivity index is 1.44. The topological polar surface area (TPSA) is 92.1 Å². The fraction of sp³-hybridized carbons (Fsp3) is 0.200. The van der Waals surface area contributed by atoms with Gasteiger partial charge in [0.15, 0.2) is 0 Å². The number of hydrogen-bond donors (Lipinski definition) is 2. The molecule has 1 aliphatic heterocycles. The Labute approximate surface area is 189 Å². The summed E-state index contributed by atoms with van der Waals surface area (Å²) < 4.78 is 14.9. The Morgan fingerprint density at radius 3 is 2.34 bits per heavy atom. The summed E-state index contributed by atoms with van der Waals surface area (Å²) >= 11 is 0. The van der Waals surface area contributed by atoms with Crippen molar-refractivity contribution in [1.29, 1.82) is 0 Å². The first-order valence-corrected chi connectivity index (χ1v) is 11.8. The van der Waals surface area contributed by atoms with E-state index in [-0.39, 0.29) is 5.92 Å². The Hall–Kier alpha value is -3.29. The molecule has 7 heteroatoms. The van der Waals surface area contributed by atoms with Gasteiger partial charge in [-0.15, -0.1) is 0 Å². The number of amides is 1. The minimum absolute atomic E-state index is 0.270. The molecule has 32 heavy (non-hydrogen) atoms. The van der Waals surface area contributed by atoms with Gasteiger partial charge < -0.3 is 10.7 Å². The smallest absolute Gasteiger partial charge is 0.250 e. The number of carbonyl (C=O) groups excluding carboxylic acids is 1. The van der Waals surface area contributed by atoms with Crippen LogP contribution >= 0.6 is 0 Å². The highest BCUT2D eigenvalue weighted by atomic mass is 32.2. The first-order chi connectivity index (χ1) is 15.6. The van der Waals surface area contributed by atoms with Crippen LogP contribution in [-0.4, -0.2) is 37.5 Å². The molecular weight excluding hydrogens is 420 g/mol. The highest BCUT2D eigenvalue weighted by Crippen LogP contribution is 2.35. The van der Waals surface area contributed by atoms with Crippen molar-refractivity contribution in [3.8, 4) is 11.3 Å². The molecule has 3 heterocycles. The molecular formula is C25H24N4O2S. The zero-order valence-corrected chi connectivity index (χ0v) is 18.3. The Bertz CT molecular complexity index is 1280. The van der Waals surface area contributed by atoms with E-state index in [2.05, 4.69) is 4.98 Å². The number of H-pyrrole nitrogens is 1. The molecule has 0 saturated carbocycles. The summed E-state index contributed by atoms with van der Waals surface area (Å²) in [5.41, 5.74) is 10.4. The lowest BCUT2D eigenvalue weighted by Gasteiger charge is -2.30. The fourth-order valence-corrected chi connectivity index (χ4v) is 5.63. The summed E-state index contributed by atoms with van der Waals surface area (Å²) in [5, 5.41) is 0. The van der Waals surface area contributed by atoms with Crippen LogP contribution in [0.1, 0.15) is 34.7 Å². The quantitative estimate of drug-likeness (QED) is 0.482. The Morgan fingerprint density at radius 2 is 1.69 bits per heavy atom. The van der Waals surface area contributed by atoms with Gasteiger partial charge in [0, 0.05) is 24.8 Å². The van der Waals surface area contributed by atoms with Gasteiger partial charge in [-0.2, -0.15) is 0 Å². The predicted molar refractivity (Wildman–Crippen MR) is 126 cm³/mol. The van der Waals surface area contributed by atoms with Gasteiger partial charge in [-0.3, -0.25) is 4.79 Å². The zero-order chi connectivity index (χ0) is 22.1. The third-order valence-corrected chi connectivity index (χ3v) is 7.58. The summed E-state index contributed by atoms with van der Waals surface area (Å²) in [6, 6.07) is 21.1. The molecule has 5 rings (SSSR count). The maximum atomic E-state index is 12.9.